The summed E-state index contributed by atoms with van der Waals surface area (Å²) in [5, 5.41) is 2.78. The van der Waals surface area contributed by atoms with E-state index >= 15 is 0 Å². The molecule has 184 valence electrons. The molecule has 0 saturated carbocycles. The first-order valence-electron chi connectivity index (χ1n) is 11.2. The summed E-state index contributed by atoms with van der Waals surface area (Å²) in [7, 11) is -2.44. The van der Waals surface area contributed by atoms with Crippen LogP contribution in [0.1, 0.15) is 11.1 Å². The van der Waals surface area contributed by atoms with Crippen LogP contribution in [0.5, 0.6) is 17.2 Å². The number of methoxy groups -OCH3 is 1. The molecule has 0 fully saturated rings. The Morgan fingerprint density at radius 2 is 1.77 bits per heavy atom. The molecule has 3 aromatic rings. The third-order valence-corrected chi connectivity index (χ3v) is 7.38. The second-order valence-electron chi connectivity index (χ2n) is 8.25. The summed E-state index contributed by atoms with van der Waals surface area (Å²) >= 11 is 0. The molecule has 9 heteroatoms. The highest BCUT2D eigenvalue weighted by atomic mass is 32.2. The first kappa shape index (κ1) is 24.4. The van der Waals surface area contributed by atoms with Crippen LogP contribution in [0, 0.1) is 13.8 Å². The Bertz CT molecular complexity index is 1310. The zero-order valence-electron chi connectivity index (χ0n) is 19.9. The van der Waals surface area contributed by atoms with Crippen LogP contribution >= 0.6 is 0 Å². The Hall–Kier alpha value is -3.72. The van der Waals surface area contributed by atoms with Crippen LogP contribution in [0.25, 0.3) is 0 Å². The van der Waals surface area contributed by atoms with E-state index in [1.165, 1.54) is 23.5 Å². The molecule has 0 aromatic heterocycles. The van der Waals surface area contributed by atoms with Gasteiger partial charge >= 0.3 is 0 Å². The number of carbonyl (C=O) groups is 1. The van der Waals surface area contributed by atoms with Gasteiger partial charge in [0.1, 0.15) is 23.9 Å². The van der Waals surface area contributed by atoms with Gasteiger partial charge in [0.2, 0.25) is 0 Å². The highest BCUT2D eigenvalue weighted by Crippen LogP contribution is 2.38. The van der Waals surface area contributed by atoms with E-state index in [2.05, 4.69) is 5.32 Å². The number of benzene rings is 3. The van der Waals surface area contributed by atoms with Crippen LogP contribution in [0.4, 0.5) is 5.69 Å². The molecular weight excluding hydrogens is 468 g/mol. The molecule has 35 heavy (non-hydrogen) atoms. The lowest BCUT2D eigenvalue weighted by Gasteiger charge is -2.35. The molecule has 0 aliphatic carbocycles. The molecule has 1 aliphatic rings. The van der Waals surface area contributed by atoms with Crippen molar-refractivity contribution in [2.75, 3.05) is 31.1 Å². The van der Waals surface area contributed by atoms with Crippen molar-refractivity contribution in [3.05, 3.63) is 77.9 Å². The summed E-state index contributed by atoms with van der Waals surface area (Å²) in [6.45, 7) is 4.21. The maximum absolute atomic E-state index is 13.5. The van der Waals surface area contributed by atoms with Gasteiger partial charge in [-0.25, -0.2) is 8.42 Å². The molecule has 0 bridgehead atoms. The van der Waals surface area contributed by atoms with Gasteiger partial charge in [-0.2, -0.15) is 0 Å². The third-order valence-electron chi connectivity index (χ3n) is 5.58. The van der Waals surface area contributed by atoms with E-state index in [0.29, 0.717) is 22.9 Å². The summed E-state index contributed by atoms with van der Waals surface area (Å²) in [6.07, 6.45) is -1.02. The second kappa shape index (κ2) is 10.3. The lowest BCUT2D eigenvalue weighted by atomic mass is 10.1. The number of nitrogens with one attached hydrogen (secondary N) is 1. The van der Waals surface area contributed by atoms with Crippen LogP contribution in [0.3, 0.4) is 0 Å². The molecule has 3 aromatic carbocycles. The largest absolute Gasteiger partial charge is 0.497 e. The number of aryl methyl sites for hydroxylation is 2. The number of hydrogen-bond acceptors (Lipinski definition) is 6. The Labute approximate surface area is 205 Å². The fourth-order valence-corrected chi connectivity index (χ4v) is 5.24. The number of rotatable bonds is 8. The fraction of sp³-hybridized carbons (Fsp3) is 0.269. The van der Waals surface area contributed by atoms with E-state index in [4.69, 9.17) is 14.2 Å². The minimum absolute atomic E-state index is 0.0948. The van der Waals surface area contributed by atoms with E-state index in [-0.39, 0.29) is 24.6 Å². The average Bonchev–Trinajstić information content (AvgIpc) is 2.85. The molecule has 8 nitrogen and oxygen atoms in total. The van der Waals surface area contributed by atoms with E-state index in [9.17, 15) is 13.2 Å². The second-order valence-corrected chi connectivity index (χ2v) is 10.1. The number of ether oxygens (including phenoxy) is 3. The first-order valence-corrected chi connectivity index (χ1v) is 12.6. The number of nitrogens with zero attached hydrogens (tertiary/aromatic N) is 1. The van der Waals surface area contributed by atoms with E-state index < -0.39 is 22.0 Å². The van der Waals surface area contributed by atoms with Crippen LogP contribution in [-0.2, 0) is 14.8 Å². The standard InChI is InChI=1S/C26H28N2O6S/c1-18-5-4-6-21(15-18)33-14-13-27-26(29)25-17-28(23-12-7-19(2)16-24(23)34-25)35(30,31)22-10-8-20(32-3)9-11-22/h4-12,15-16,25H,13-14,17H2,1-3H3,(H,27,29)/t25-/m0/s1. The van der Waals surface area contributed by atoms with Crippen molar-refractivity contribution in [3.63, 3.8) is 0 Å². The number of anilines is 1. The normalized spacial score (nSPS) is 15.1. The molecule has 1 heterocycles. The zero-order chi connectivity index (χ0) is 25.0. The van der Waals surface area contributed by atoms with Crippen molar-refractivity contribution >= 4 is 21.6 Å². The summed E-state index contributed by atoms with van der Waals surface area (Å²) in [5.74, 6) is 1.19. The Morgan fingerprint density at radius 1 is 1.03 bits per heavy atom. The number of sulfonamides is 1. The predicted molar refractivity (Wildman–Crippen MR) is 133 cm³/mol. The summed E-state index contributed by atoms with van der Waals surface area (Å²) in [4.78, 5) is 13.0. The van der Waals surface area contributed by atoms with Gasteiger partial charge < -0.3 is 19.5 Å². The molecule has 1 amide bonds. The molecule has 0 unspecified atom stereocenters. The number of amides is 1. The summed E-state index contributed by atoms with van der Waals surface area (Å²) in [6, 6.07) is 19.0. The highest BCUT2D eigenvalue weighted by Gasteiger charge is 2.37. The Balaban J connectivity index is 1.50. The summed E-state index contributed by atoms with van der Waals surface area (Å²) < 4.78 is 45.0. The molecule has 1 aliphatic heterocycles. The van der Waals surface area contributed by atoms with Crippen molar-refractivity contribution in [1.29, 1.82) is 0 Å². The smallest absolute Gasteiger partial charge is 0.264 e. The molecule has 1 N–H and O–H groups in total. The molecule has 0 spiro atoms. The fourth-order valence-electron chi connectivity index (χ4n) is 3.76. The molecule has 0 radical (unpaired) electrons. The quantitative estimate of drug-likeness (QED) is 0.480. The monoisotopic (exact) mass is 496 g/mol. The van der Waals surface area contributed by atoms with Crippen molar-refractivity contribution in [2.24, 2.45) is 0 Å². The van der Waals surface area contributed by atoms with Crippen LogP contribution < -0.4 is 23.8 Å². The van der Waals surface area contributed by atoms with E-state index in [0.717, 1.165) is 11.1 Å². The number of carbonyl (C=O) groups excluding carboxylic acids is 1. The molecule has 0 saturated heterocycles. The maximum atomic E-state index is 13.5. The van der Waals surface area contributed by atoms with Gasteiger partial charge in [-0.05, 0) is 73.5 Å². The van der Waals surface area contributed by atoms with Gasteiger partial charge in [-0.1, -0.05) is 18.2 Å². The number of hydrogen-bond donors (Lipinski definition) is 1. The maximum Gasteiger partial charge on any atom is 0.264 e. The molecule has 4 rings (SSSR count). The minimum Gasteiger partial charge on any atom is -0.497 e. The lowest BCUT2D eigenvalue weighted by Crippen LogP contribution is -2.51. The highest BCUT2D eigenvalue weighted by molar-refractivity contribution is 7.92. The zero-order valence-corrected chi connectivity index (χ0v) is 20.7. The Morgan fingerprint density at radius 3 is 2.49 bits per heavy atom. The van der Waals surface area contributed by atoms with Gasteiger partial charge in [0, 0.05) is 0 Å². The van der Waals surface area contributed by atoms with E-state index in [1.807, 2.05) is 44.2 Å². The third kappa shape index (κ3) is 5.51. The SMILES string of the molecule is COc1ccc(S(=O)(=O)N2C[C@@H](C(=O)NCCOc3cccc(C)c3)Oc3cc(C)ccc32)cc1. The Kier molecular flexibility index (Phi) is 7.16. The predicted octanol–water partition coefficient (Wildman–Crippen LogP) is 3.46. The first-order chi connectivity index (χ1) is 16.8. The van der Waals surface area contributed by atoms with Gasteiger partial charge in [-0.3, -0.25) is 9.10 Å². The van der Waals surface area contributed by atoms with Gasteiger partial charge in [0.15, 0.2) is 6.10 Å². The van der Waals surface area contributed by atoms with Crippen molar-refractivity contribution in [1.82, 2.24) is 5.32 Å². The van der Waals surface area contributed by atoms with Crippen molar-refractivity contribution in [3.8, 4) is 17.2 Å². The van der Waals surface area contributed by atoms with Crippen molar-refractivity contribution in [2.45, 2.75) is 24.8 Å². The van der Waals surface area contributed by atoms with Gasteiger partial charge in [-0.15, -0.1) is 0 Å². The van der Waals surface area contributed by atoms with Crippen molar-refractivity contribution < 1.29 is 27.4 Å². The topological polar surface area (TPSA) is 94.2 Å². The van der Waals surface area contributed by atoms with Gasteiger partial charge in [0.25, 0.3) is 15.9 Å². The van der Waals surface area contributed by atoms with E-state index in [1.54, 1.807) is 24.3 Å². The number of fused-ring (bicyclic) bond motifs is 1. The molecular formula is C26H28N2O6S. The average molecular weight is 497 g/mol. The minimum atomic E-state index is -3.95. The molecule has 1 atom stereocenters. The van der Waals surface area contributed by atoms with Crippen LogP contribution in [0.15, 0.2) is 71.6 Å². The van der Waals surface area contributed by atoms with Gasteiger partial charge in [0.05, 0.1) is 30.8 Å². The summed E-state index contributed by atoms with van der Waals surface area (Å²) in [5.41, 5.74) is 2.35. The van der Waals surface area contributed by atoms with Crippen LogP contribution in [0.2, 0.25) is 0 Å². The van der Waals surface area contributed by atoms with Crippen LogP contribution in [-0.4, -0.2) is 47.2 Å². The lowest BCUT2D eigenvalue weighted by molar-refractivity contribution is -0.127.